The summed E-state index contributed by atoms with van der Waals surface area (Å²) in [5.74, 6) is -3.67. The van der Waals surface area contributed by atoms with Crippen LogP contribution >= 0.6 is 0 Å². The second kappa shape index (κ2) is 10.5. The first kappa shape index (κ1) is 17.3. The van der Waals surface area contributed by atoms with Crippen LogP contribution in [-0.2, 0) is 9.59 Å². The standard InChI is InChI=1S/C10H16O4.Ca/c1-2-3-4-5-6-8(10(13)14)7-9(11)12;/h4-5,8H,2-3,6-7H2,1H3,(H,11,12)(H,13,14);/q;+2/p-2/b5-4+;. The monoisotopic (exact) mass is 238 g/mol. The molecular formula is C10H14CaO4. The molecular weight excluding hydrogens is 224 g/mol. The van der Waals surface area contributed by atoms with Crippen LogP contribution in [0.15, 0.2) is 12.2 Å². The van der Waals surface area contributed by atoms with Gasteiger partial charge in [0.15, 0.2) is 0 Å². The fraction of sp³-hybridized carbons (Fsp3) is 0.600. The van der Waals surface area contributed by atoms with Crippen molar-refractivity contribution in [3.63, 3.8) is 0 Å². The van der Waals surface area contributed by atoms with E-state index in [-0.39, 0.29) is 44.2 Å². The molecule has 0 rings (SSSR count). The SMILES string of the molecule is CCC/C=C/CC(CC(=O)[O-])C(=O)[O-].[Ca+2]. The zero-order valence-electron chi connectivity index (χ0n) is 8.90. The largest absolute Gasteiger partial charge is 2.00 e. The number of hydrogen-bond donors (Lipinski definition) is 0. The summed E-state index contributed by atoms with van der Waals surface area (Å²) in [7, 11) is 0. The third-order valence-corrected chi connectivity index (χ3v) is 1.79. The molecule has 1 atom stereocenters. The molecule has 0 aromatic heterocycles. The molecule has 1 unspecified atom stereocenters. The maximum atomic E-state index is 10.5. The molecule has 80 valence electrons. The summed E-state index contributed by atoms with van der Waals surface area (Å²) in [4.78, 5) is 20.6. The molecule has 0 saturated carbocycles. The predicted octanol–water partition coefficient (Wildman–Crippen LogP) is -1.14. The Morgan fingerprint density at radius 1 is 1.27 bits per heavy atom. The minimum Gasteiger partial charge on any atom is -0.550 e. The number of rotatable bonds is 7. The normalized spacial score (nSPS) is 12.1. The first-order valence-electron chi connectivity index (χ1n) is 4.63. The van der Waals surface area contributed by atoms with Crippen LogP contribution in [0.3, 0.4) is 0 Å². The van der Waals surface area contributed by atoms with Crippen molar-refractivity contribution >= 4 is 49.7 Å². The van der Waals surface area contributed by atoms with Crippen molar-refractivity contribution < 1.29 is 19.8 Å². The van der Waals surface area contributed by atoms with Gasteiger partial charge in [-0.1, -0.05) is 25.5 Å². The van der Waals surface area contributed by atoms with E-state index in [0.717, 1.165) is 12.8 Å². The van der Waals surface area contributed by atoms with Gasteiger partial charge in [0.2, 0.25) is 0 Å². The summed E-state index contributed by atoms with van der Waals surface area (Å²) in [6, 6.07) is 0. The van der Waals surface area contributed by atoms with Gasteiger partial charge in [-0.2, -0.15) is 0 Å². The Kier molecular flexibility index (Phi) is 12.1. The maximum absolute atomic E-state index is 10.5. The molecule has 0 aromatic carbocycles. The zero-order valence-corrected chi connectivity index (χ0v) is 11.1. The molecule has 15 heavy (non-hydrogen) atoms. The predicted molar refractivity (Wildman–Crippen MR) is 52.5 cm³/mol. The van der Waals surface area contributed by atoms with Crippen LogP contribution < -0.4 is 10.2 Å². The van der Waals surface area contributed by atoms with Crippen LogP contribution in [-0.4, -0.2) is 49.7 Å². The fourth-order valence-electron chi connectivity index (χ4n) is 1.01. The topological polar surface area (TPSA) is 80.3 Å². The van der Waals surface area contributed by atoms with Gasteiger partial charge < -0.3 is 19.8 Å². The van der Waals surface area contributed by atoms with Crippen molar-refractivity contribution in [2.24, 2.45) is 5.92 Å². The molecule has 0 aliphatic rings. The van der Waals surface area contributed by atoms with Crippen molar-refractivity contribution in [2.45, 2.75) is 32.6 Å². The Morgan fingerprint density at radius 2 is 1.87 bits per heavy atom. The van der Waals surface area contributed by atoms with E-state index in [1.165, 1.54) is 0 Å². The molecule has 0 bridgehead atoms. The van der Waals surface area contributed by atoms with E-state index in [9.17, 15) is 19.8 Å². The van der Waals surface area contributed by atoms with Crippen molar-refractivity contribution in [1.29, 1.82) is 0 Å². The van der Waals surface area contributed by atoms with Crippen LogP contribution in [0.5, 0.6) is 0 Å². The summed E-state index contributed by atoms with van der Waals surface area (Å²) < 4.78 is 0. The number of carbonyl (C=O) groups excluding carboxylic acids is 2. The third-order valence-electron chi connectivity index (χ3n) is 1.79. The smallest absolute Gasteiger partial charge is 0.550 e. The summed E-state index contributed by atoms with van der Waals surface area (Å²) >= 11 is 0. The van der Waals surface area contributed by atoms with Crippen molar-refractivity contribution in [1.82, 2.24) is 0 Å². The second-order valence-corrected chi connectivity index (χ2v) is 3.09. The number of carboxylic acid groups (broad SMARTS) is 2. The van der Waals surface area contributed by atoms with Gasteiger partial charge in [0.25, 0.3) is 0 Å². The summed E-state index contributed by atoms with van der Waals surface area (Å²) in [5.41, 5.74) is 0. The van der Waals surface area contributed by atoms with Crippen molar-refractivity contribution in [2.75, 3.05) is 0 Å². The van der Waals surface area contributed by atoms with Gasteiger partial charge >= 0.3 is 37.7 Å². The Morgan fingerprint density at radius 3 is 2.27 bits per heavy atom. The van der Waals surface area contributed by atoms with Gasteiger partial charge in [-0.05, 0) is 19.3 Å². The van der Waals surface area contributed by atoms with Gasteiger partial charge in [-0.15, -0.1) is 0 Å². The number of carboxylic acids is 2. The van der Waals surface area contributed by atoms with Crippen LogP contribution in [0, 0.1) is 5.92 Å². The molecule has 0 fully saturated rings. The molecule has 0 heterocycles. The molecule has 4 nitrogen and oxygen atoms in total. The van der Waals surface area contributed by atoms with Gasteiger partial charge in [0.05, 0.1) is 0 Å². The van der Waals surface area contributed by atoms with Crippen LogP contribution in [0.2, 0.25) is 0 Å². The second-order valence-electron chi connectivity index (χ2n) is 3.09. The minimum absolute atomic E-state index is 0. The number of hydrogen-bond acceptors (Lipinski definition) is 4. The summed E-state index contributed by atoms with van der Waals surface area (Å²) in [6.45, 7) is 2.00. The van der Waals surface area contributed by atoms with E-state index in [1.807, 2.05) is 13.0 Å². The van der Waals surface area contributed by atoms with E-state index in [2.05, 4.69) is 0 Å². The Hall–Kier alpha value is -0.0603. The van der Waals surface area contributed by atoms with Crippen molar-refractivity contribution in [3.05, 3.63) is 12.2 Å². The van der Waals surface area contributed by atoms with Crippen LogP contribution in [0.25, 0.3) is 0 Å². The van der Waals surface area contributed by atoms with Crippen LogP contribution in [0.4, 0.5) is 0 Å². The molecule has 0 amide bonds. The molecule has 5 heteroatoms. The first-order chi connectivity index (χ1) is 6.57. The number of unbranched alkanes of at least 4 members (excludes halogenated alkanes) is 1. The van der Waals surface area contributed by atoms with E-state index >= 15 is 0 Å². The quantitative estimate of drug-likeness (QED) is 0.415. The summed E-state index contributed by atoms with van der Waals surface area (Å²) in [5, 5.41) is 20.6. The fourth-order valence-corrected chi connectivity index (χ4v) is 1.01. The molecule has 0 N–H and O–H groups in total. The first-order valence-corrected chi connectivity index (χ1v) is 4.63. The van der Waals surface area contributed by atoms with E-state index in [0.29, 0.717) is 0 Å². The van der Waals surface area contributed by atoms with Gasteiger partial charge in [-0.25, -0.2) is 0 Å². The average Bonchev–Trinajstić information content (AvgIpc) is 2.09. The molecule has 0 aliphatic carbocycles. The van der Waals surface area contributed by atoms with Gasteiger partial charge in [0, 0.05) is 17.9 Å². The van der Waals surface area contributed by atoms with Crippen molar-refractivity contribution in [3.8, 4) is 0 Å². The van der Waals surface area contributed by atoms with Gasteiger partial charge in [-0.3, -0.25) is 0 Å². The van der Waals surface area contributed by atoms with Crippen LogP contribution in [0.1, 0.15) is 32.6 Å². The van der Waals surface area contributed by atoms with E-state index in [1.54, 1.807) is 6.08 Å². The number of carbonyl (C=O) groups is 2. The Labute approximate surface area is 119 Å². The Balaban J connectivity index is 0. The average molecular weight is 238 g/mol. The van der Waals surface area contributed by atoms with Gasteiger partial charge in [0.1, 0.15) is 0 Å². The van der Waals surface area contributed by atoms with E-state index < -0.39 is 24.3 Å². The summed E-state index contributed by atoms with van der Waals surface area (Å²) in [6.07, 6.45) is 5.06. The Bertz CT molecular complexity index is 225. The molecule has 0 aromatic rings. The molecule has 0 spiro atoms. The number of aliphatic carboxylic acids is 2. The minimum atomic E-state index is -1.36. The third kappa shape index (κ3) is 10.2. The van der Waals surface area contributed by atoms with E-state index in [4.69, 9.17) is 0 Å². The maximum Gasteiger partial charge on any atom is 2.00 e. The number of allylic oxidation sites excluding steroid dienone is 2. The zero-order chi connectivity index (χ0) is 11.0. The molecule has 0 aliphatic heterocycles. The molecule has 0 radical (unpaired) electrons. The molecule has 0 saturated heterocycles.